The van der Waals surface area contributed by atoms with E-state index in [0.29, 0.717) is 6.61 Å². The van der Waals surface area contributed by atoms with Crippen molar-refractivity contribution in [3.63, 3.8) is 0 Å². The summed E-state index contributed by atoms with van der Waals surface area (Å²) in [5, 5.41) is 2.45. The quantitative estimate of drug-likeness (QED) is 0.0579. The molecule has 53 heavy (non-hydrogen) atoms. The number of hydrogen-bond donors (Lipinski definition) is 1. The number of methoxy groups -OCH3 is 1. The molecule has 4 aromatic carbocycles. The highest BCUT2D eigenvalue weighted by Crippen LogP contribution is 2.38. The Kier molecular flexibility index (Phi) is 16.0. The van der Waals surface area contributed by atoms with Crippen molar-refractivity contribution in [3.05, 3.63) is 155 Å². The Morgan fingerprint density at radius 3 is 1.60 bits per heavy atom. The standard InChI is InChI=1S/C43H53NO8Si/c1-43(2,3)53(5,6)52-39(32-48-28-33-19-11-7-12-20-33)40(50-30-35-23-15-9-16-24-35)38(49-29-34-21-13-8-14-22-34)27-37(41(45)47-4)44-42(46)51-31-36-25-17-10-18-26-36/h7-27,38-40H,28-32H2,1-6H3,(H,44,46)/b37-27+/t38-,39-,40+/m1/s1. The fourth-order valence-electron chi connectivity index (χ4n) is 5.11. The molecule has 282 valence electrons. The maximum atomic E-state index is 13.3. The van der Waals surface area contributed by atoms with Gasteiger partial charge >= 0.3 is 12.1 Å². The van der Waals surface area contributed by atoms with Crippen molar-refractivity contribution in [3.8, 4) is 0 Å². The van der Waals surface area contributed by atoms with Gasteiger partial charge in [-0.2, -0.15) is 0 Å². The van der Waals surface area contributed by atoms with Crippen LogP contribution in [0.5, 0.6) is 0 Å². The van der Waals surface area contributed by atoms with E-state index >= 15 is 0 Å². The van der Waals surface area contributed by atoms with Gasteiger partial charge in [0.05, 0.1) is 39.6 Å². The molecule has 3 atom stereocenters. The minimum Gasteiger partial charge on any atom is -0.464 e. The van der Waals surface area contributed by atoms with Gasteiger partial charge in [0.1, 0.15) is 24.5 Å². The molecule has 0 saturated carbocycles. The zero-order chi connectivity index (χ0) is 38.1. The molecule has 0 radical (unpaired) electrons. The molecule has 0 aliphatic heterocycles. The summed E-state index contributed by atoms with van der Waals surface area (Å²) in [6.07, 6.45) is -1.70. The summed E-state index contributed by atoms with van der Waals surface area (Å²) in [6, 6.07) is 38.7. The van der Waals surface area contributed by atoms with Crippen molar-refractivity contribution in [2.45, 2.75) is 83.6 Å². The molecule has 4 rings (SSSR count). The zero-order valence-corrected chi connectivity index (χ0v) is 32.7. The van der Waals surface area contributed by atoms with Crippen LogP contribution in [0.15, 0.2) is 133 Å². The third-order valence-corrected chi connectivity index (χ3v) is 13.6. The minimum absolute atomic E-state index is 0.0130. The number of benzene rings is 4. The van der Waals surface area contributed by atoms with Gasteiger partial charge in [0, 0.05) is 0 Å². The number of carbonyl (C=O) groups excluding carboxylic acids is 2. The lowest BCUT2D eigenvalue weighted by molar-refractivity contribution is -0.138. The van der Waals surface area contributed by atoms with E-state index in [-0.39, 0.29) is 37.2 Å². The average molecular weight is 740 g/mol. The fourth-order valence-corrected chi connectivity index (χ4v) is 6.42. The zero-order valence-electron chi connectivity index (χ0n) is 31.7. The van der Waals surface area contributed by atoms with E-state index in [1.54, 1.807) is 0 Å². The number of nitrogens with one attached hydrogen (secondary N) is 1. The first-order valence-corrected chi connectivity index (χ1v) is 20.7. The minimum atomic E-state index is -2.46. The van der Waals surface area contributed by atoms with E-state index in [2.05, 4.69) is 39.2 Å². The number of hydrogen-bond acceptors (Lipinski definition) is 8. The van der Waals surface area contributed by atoms with Crippen molar-refractivity contribution in [2.75, 3.05) is 13.7 Å². The number of alkyl carbamates (subject to hydrolysis) is 1. The van der Waals surface area contributed by atoms with Gasteiger partial charge in [0.2, 0.25) is 0 Å². The molecule has 0 aliphatic rings. The predicted octanol–water partition coefficient (Wildman–Crippen LogP) is 8.75. The summed E-state index contributed by atoms with van der Waals surface area (Å²) in [7, 11) is -1.21. The summed E-state index contributed by atoms with van der Waals surface area (Å²) in [5.74, 6) is -0.779. The number of amides is 1. The molecule has 4 aromatic rings. The molecule has 0 bridgehead atoms. The number of rotatable bonds is 19. The SMILES string of the molecule is COC(=O)/C(=C\[C@@H](OCc1ccccc1)[C@H](OCc1ccccc1)[C@@H](COCc1ccccc1)O[Si](C)(C)C(C)(C)C)NC(=O)OCc1ccccc1. The van der Waals surface area contributed by atoms with E-state index in [1.807, 2.05) is 121 Å². The van der Waals surface area contributed by atoms with Crippen molar-refractivity contribution in [1.82, 2.24) is 5.32 Å². The van der Waals surface area contributed by atoms with Gasteiger partial charge in [0.15, 0.2) is 8.32 Å². The highest BCUT2D eigenvalue weighted by atomic mass is 28.4. The van der Waals surface area contributed by atoms with Gasteiger partial charge in [-0.15, -0.1) is 0 Å². The molecule has 1 N–H and O–H groups in total. The molecule has 0 fully saturated rings. The van der Waals surface area contributed by atoms with Crippen LogP contribution in [-0.2, 0) is 59.3 Å². The summed E-state index contributed by atoms with van der Waals surface area (Å²) in [6.45, 7) is 11.8. The van der Waals surface area contributed by atoms with Crippen molar-refractivity contribution >= 4 is 20.4 Å². The molecule has 9 nitrogen and oxygen atoms in total. The monoisotopic (exact) mass is 739 g/mol. The average Bonchev–Trinajstić information content (AvgIpc) is 3.16. The summed E-state index contributed by atoms with van der Waals surface area (Å²) < 4.78 is 37.5. The number of esters is 1. The summed E-state index contributed by atoms with van der Waals surface area (Å²) >= 11 is 0. The second kappa shape index (κ2) is 20.6. The summed E-state index contributed by atoms with van der Waals surface area (Å²) in [5.41, 5.74) is 3.50. The lowest BCUT2D eigenvalue weighted by Crippen LogP contribution is -2.52. The smallest absolute Gasteiger partial charge is 0.412 e. The second-order valence-corrected chi connectivity index (χ2v) is 19.0. The Hall–Kier alpha value is -4.58. The van der Waals surface area contributed by atoms with Gasteiger partial charge in [0.25, 0.3) is 0 Å². The summed E-state index contributed by atoms with van der Waals surface area (Å²) in [4.78, 5) is 26.4. The largest absolute Gasteiger partial charge is 0.464 e. The van der Waals surface area contributed by atoms with Gasteiger partial charge in [-0.3, -0.25) is 5.32 Å². The molecular formula is C43H53NO8Si. The molecule has 10 heteroatoms. The highest BCUT2D eigenvalue weighted by molar-refractivity contribution is 6.74. The van der Waals surface area contributed by atoms with Gasteiger partial charge < -0.3 is 28.1 Å². The van der Waals surface area contributed by atoms with E-state index in [0.717, 1.165) is 22.3 Å². The lowest BCUT2D eigenvalue weighted by Gasteiger charge is -2.42. The maximum absolute atomic E-state index is 13.3. The molecule has 0 spiro atoms. The Labute approximate surface area is 315 Å². The molecule has 1 amide bonds. The van der Waals surface area contributed by atoms with Crippen LogP contribution in [0.25, 0.3) is 0 Å². The first-order valence-electron chi connectivity index (χ1n) is 17.8. The van der Waals surface area contributed by atoms with E-state index in [9.17, 15) is 9.59 Å². The van der Waals surface area contributed by atoms with Gasteiger partial charge in [-0.05, 0) is 46.5 Å². The van der Waals surface area contributed by atoms with Crippen molar-refractivity contribution in [1.29, 1.82) is 0 Å². The van der Waals surface area contributed by atoms with Crippen LogP contribution < -0.4 is 5.32 Å². The third kappa shape index (κ3) is 13.7. The van der Waals surface area contributed by atoms with Gasteiger partial charge in [-0.1, -0.05) is 142 Å². The van der Waals surface area contributed by atoms with Crippen LogP contribution in [0.4, 0.5) is 4.79 Å². The molecule has 0 unspecified atom stereocenters. The Morgan fingerprint density at radius 2 is 1.13 bits per heavy atom. The normalized spacial score (nSPS) is 13.8. The maximum Gasteiger partial charge on any atom is 0.412 e. The third-order valence-electron chi connectivity index (χ3n) is 9.09. The fraction of sp³-hybridized carbons (Fsp3) is 0.349. The van der Waals surface area contributed by atoms with Crippen LogP contribution >= 0.6 is 0 Å². The molecule has 0 aliphatic carbocycles. The Bertz CT molecular complexity index is 1700. The Morgan fingerprint density at radius 1 is 0.679 bits per heavy atom. The topological polar surface area (TPSA) is 102 Å². The highest BCUT2D eigenvalue weighted by Gasteiger charge is 2.43. The first kappa shape index (κ1) is 41.2. The number of carbonyl (C=O) groups is 2. The van der Waals surface area contributed by atoms with Crippen LogP contribution in [0.3, 0.4) is 0 Å². The predicted molar refractivity (Wildman–Crippen MR) is 208 cm³/mol. The molecule has 0 saturated heterocycles. The van der Waals surface area contributed by atoms with Crippen LogP contribution in [-0.4, -0.2) is 52.4 Å². The lowest BCUT2D eigenvalue weighted by atomic mass is 10.1. The van der Waals surface area contributed by atoms with Crippen molar-refractivity contribution in [2.24, 2.45) is 0 Å². The second-order valence-electron chi connectivity index (χ2n) is 14.2. The molecule has 0 heterocycles. The molecule has 0 aromatic heterocycles. The molecular weight excluding hydrogens is 687 g/mol. The van der Waals surface area contributed by atoms with Crippen LogP contribution in [0, 0.1) is 0 Å². The number of ether oxygens (including phenoxy) is 5. The Balaban J connectivity index is 1.75. The van der Waals surface area contributed by atoms with E-state index < -0.39 is 38.7 Å². The van der Waals surface area contributed by atoms with E-state index in [4.69, 9.17) is 28.1 Å². The van der Waals surface area contributed by atoms with Crippen LogP contribution in [0.2, 0.25) is 18.1 Å². The van der Waals surface area contributed by atoms with E-state index in [1.165, 1.54) is 13.2 Å². The van der Waals surface area contributed by atoms with Crippen LogP contribution in [0.1, 0.15) is 43.0 Å². The van der Waals surface area contributed by atoms with Crippen molar-refractivity contribution < 1.29 is 37.7 Å². The van der Waals surface area contributed by atoms with Gasteiger partial charge in [-0.25, -0.2) is 9.59 Å². The first-order chi connectivity index (χ1) is 25.4.